The summed E-state index contributed by atoms with van der Waals surface area (Å²) in [6.07, 6.45) is 3.29. The van der Waals surface area contributed by atoms with Gasteiger partial charge in [-0.3, -0.25) is 10.1 Å². The first-order valence-corrected chi connectivity index (χ1v) is 9.75. The quantitative estimate of drug-likeness (QED) is 0.303. The molecule has 3 rings (SSSR count). The molecular weight excluding hydrogens is 366 g/mol. The van der Waals surface area contributed by atoms with E-state index in [0.717, 1.165) is 24.0 Å². The van der Waals surface area contributed by atoms with Crippen molar-refractivity contribution in [2.75, 3.05) is 16.8 Å². The highest BCUT2D eigenvalue weighted by atomic mass is 16.6. The first kappa shape index (κ1) is 20.3. The highest BCUT2D eigenvalue weighted by Crippen LogP contribution is 2.33. The third kappa shape index (κ3) is 5.51. The van der Waals surface area contributed by atoms with E-state index >= 15 is 0 Å². The molecule has 7 nitrogen and oxygen atoms in total. The predicted molar refractivity (Wildman–Crippen MR) is 115 cm³/mol. The van der Waals surface area contributed by atoms with Crippen LogP contribution in [-0.2, 0) is 13.1 Å². The Kier molecular flexibility index (Phi) is 7.10. The number of nitrogens with zero attached hydrogens (tertiary/aromatic N) is 4. The number of unbranched alkanes of at least 4 members (excludes halogenated alkanes) is 1. The van der Waals surface area contributed by atoms with Crippen molar-refractivity contribution < 1.29 is 4.92 Å². The zero-order chi connectivity index (χ0) is 20.5. The summed E-state index contributed by atoms with van der Waals surface area (Å²) in [5.41, 5.74) is 2.02. The van der Waals surface area contributed by atoms with Crippen LogP contribution in [0.3, 0.4) is 0 Å². The minimum atomic E-state index is -0.396. The molecule has 0 aliphatic heterocycles. The Balaban J connectivity index is 1.99. The van der Waals surface area contributed by atoms with E-state index in [1.54, 1.807) is 0 Å². The molecule has 2 aromatic carbocycles. The van der Waals surface area contributed by atoms with Gasteiger partial charge < -0.3 is 10.2 Å². The number of hydrogen-bond acceptors (Lipinski definition) is 6. The molecule has 3 aromatic rings. The fraction of sp³-hybridized carbons (Fsp3) is 0.273. The highest BCUT2D eigenvalue weighted by molar-refractivity contribution is 5.70. The summed E-state index contributed by atoms with van der Waals surface area (Å²) in [6.45, 7) is 3.71. The molecule has 0 amide bonds. The lowest BCUT2D eigenvalue weighted by Gasteiger charge is -2.24. The summed E-state index contributed by atoms with van der Waals surface area (Å²) in [6, 6.07) is 19.8. The lowest BCUT2D eigenvalue weighted by molar-refractivity contribution is -0.383. The minimum Gasteiger partial charge on any atom is -0.364 e. The number of anilines is 2. The summed E-state index contributed by atoms with van der Waals surface area (Å²) >= 11 is 0. The molecule has 0 atom stereocenters. The number of rotatable bonds is 10. The Labute approximate surface area is 170 Å². The minimum absolute atomic E-state index is 0.0875. The lowest BCUT2D eigenvalue weighted by Crippen LogP contribution is -2.25. The first-order valence-electron chi connectivity index (χ1n) is 9.75. The van der Waals surface area contributed by atoms with Crippen molar-refractivity contribution in [3.63, 3.8) is 0 Å². The topological polar surface area (TPSA) is 84.2 Å². The Hall–Kier alpha value is -3.48. The number of nitrogens with one attached hydrogen (secondary N) is 1. The molecule has 1 aromatic heterocycles. The van der Waals surface area contributed by atoms with Crippen LogP contribution >= 0.6 is 0 Å². The molecule has 150 valence electrons. The summed E-state index contributed by atoms with van der Waals surface area (Å²) in [4.78, 5) is 21.9. The largest absolute Gasteiger partial charge is 0.364 e. The van der Waals surface area contributed by atoms with Crippen LogP contribution in [0.25, 0.3) is 0 Å². The van der Waals surface area contributed by atoms with E-state index in [0.29, 0.717) is 25.5 Å². The van der Waals surface area contributed by atoms with Gasteiger partial charge in [-0.05, 0) is 17.5 Å². The van der Waals surface area contributed by atoms with Crippen LogP contribution in [0, 0.1) is 10.1 Å². The van der Waals surface area contributed by atoms with E-state index in [-0.39, 0.29) is 11.5 Å². The molecule has 29 heavy (non-hydrogen) atoms. The van der Waals surface area contributed by atoms with E-state index < -0.39 is 4.92 Å². The average Bonchev–Trinajstić information content (AvgIpc) is 2.74. The van der Waals surface area contributed by atoms with Crippen molar-refractivity contribution in [2.24, 2.45) is 0 Å². The number of hydrogen-bond donors (Lipinski definition) is 1. The monoisotopic (exact) mass is 391 g/mol. The smallest absolute Gasteiger partial charge is 0.353 e. The van der Waals surface area contributed by atoms with Gasteiger partial charge in [0.25, 0.3) is 0 Å². The Morgan fingerprint density at radius 3 is 2.07 bits per heavy atom. The molecule has 1 heterocycles. The molecule has 0 saturated heterocycles. The number of aromatic nitrogens is 2. The van der Waals surface area contributed by atoms with Crippen LogP contribution in [0.1, 0.15) is 30.9 Å². The van der Waals surface area contributed by atoms with Crippen LogP contribution in [0.15, 0.2) is 67.0 Å². The predicted octanol–water partition coefficient (Wildman–Crippen LogP) is 4.80. The average molecular weight is 391 g/mol. The maximum atomic E-state index is 11.9. The molecule has 0 radical (unpaired) electrons. The second-order valence-electron chi connectivity index (χ2n) is 6.76. The van der Waals surface area contributed by atoms with Gasteiger partial charge in [-0.25, -0.2) is 9.97 Å². The van der Waals surface area contributed by atoms with E-state index in [9.17, 15) is 10.1 Å². The summed E-state index contributed by atoms with van der Waals surface area (Å²) < 4.78 is 0. The Morgan fingerprint density at radius 1 is 0.966 bits per heavy atom. The first-order chi connectivity index (χ1) is 14.2. The molecule has 0 spiro atoms. The zero-order valence-corrected chi connectivity index (χ0v) is 16.5. The molecule has 0 fully saturated rings. The van der Waals surface area contributed by atoms with Gasteiger partial charge in [0.2, 0.25) is 11.6 Å². The van der Waals surface area contributed by atoms with Gasteiger partial charge in [0.1, 0.15) is 6.33 Å². The maximum absolute atomic E-state index is 11.9. The van der Waals surface area contributed by atoms with E-state index in [1.165, 1.54) is 6.33 Å². The SMILES string of the molecule is CCCCNc1ncnc(N(Cc2ccccc2)Cc2ccccc2)c1[N+](=O)[O-]. The third-order valence-electron chi connectivity index (χ3n) is 4.54. The summed E-state index contributed by atoms with van der Waals surface area (Å²) in [7, 11) is 0. The normalized spacial score (nSPS) is 10.5. The second kappa shape index (κ2) is 10.2. The van der Waals surface area contributed by atoms with E-state index in [1.807, 2.05) is 65.6 Å². The summed E-state index contributed by atoms with van der Waals surface area (Å²) in [5.74, 6) is 0.580. The lowest BCUT2D eigenvalue weighted by atomic mass is 10.1. The van der Waals surface area contributed by atoms with Crippen molar-refractivity contribution in [2.45, 2.75) is 32.9 Å². The second-order valence-corrected chi connectivity index (χ2v) is 6.76. The van der Waals surface area contributed by atoms with Crippen molar-refractivity contribution >= 4 is 17.3 Å². The number of benzene rings is 2. The van der Waals surface area contributed by atoms with Crippen molar-refractivity contribution in [3.8, 4) is 0 Å². The highest BCUT2D eigenvalue weighted by Gasteiger charge is 2.27. The van der Waals surface area contributed by atoms with Crippen LogP contribution < -0.4 is 10.2 Å². The van der Waals surface area contributed by atoms with Crippen LogP contribution in [0.2, 0.25) is 0 Å². The van der Waals surface area contributed by atoms with E-state index in [4.69, 9.17) is 0 Å². The fourth-order valence-electron chi connectivity index (χ4n) is 3.10. The molecule has 7 heteroatoms. The summed E-state index contributed by atoms with van der Waals surface area (Å²) in [5, 5.41) is 15.0. The van der Waals surface area contributed by atoms with Crippen molar-refractivity contribution in [1.82, 2.24) is 9.97 Å². The number of nitro groups is 1. The standard InChI is InChI=1S/C22H25N5O2/c1-2-3-14-23-21-20(27(28)29)22(25-17-24-21)26(15-18-10-6-4-7-11-18)16-19-12-8-5-9-13-19/h4-13,17H,2-3,14-16H2,1H3,(H,23,24,25). The van der Waals surface area contributed by atoms with E-state index in [2.05, 4.69) is 22.2 Å². The van der Waals surface area contributed by atoms with Gasteiger partial charge in [0.15, 0.2) is 0 Å². The zero-order valence-electron chi connectivity index (χ0n) is 16.5. The van der Waals surface area contributed by atoms with Crippen LogP contribution in [-0.4, -0.2) is 21.4 Å². The van der Waals surface area contributed by atoms with Gasteiger partial charge in [-0.1, -0.05) is 74.0 Å². The molecule has 0 aliphatic carbocycles. The van der Waals surface area contributed by atoms with Crippen LogP contribution in [0.5, 0.6) is 0 Å². The van der Waals surface area contributed by atoms with Crippen molar-refractivity contribution in [1.29, 1.82) is 0 Å². The Morgan fingerprint density at radius 2 is 1.55 bits per heavy atom. The molecule has 1 N–H and O–H groups in total. The van der Waals surface area contributed by atoms with Gasteiger partial charge in [0, 0.05) is 19.6 Å². The molecule has 0 bridgehead atoms. The van der Waals surface area contributed by atoms with Crippen molar-refractivity contribution in [3.05, 3.63) is 88.2 Å². The van der Waals surface area contributed by atoms with Crippen LogP contribution in [0.4, 0.5) is 17.3 Å². The fourth-order valence-corrected chi connectivity index (χ4v) is 3.10. The molecular formula is C22H25N5O2. The molecule has 0 aliphatic rings. The van der Waals surface area contributed by atoms with Gasteiger partial charge >= 0.3 is 5.69 Å². The maximum Gasteiger partial charge on any atom is 0.353 e. The third-order valence-corrected chi connectivity index (χ3v) is 4.54. The Bertz CT molecular complexity index is 878. The van der Waals surface area contributed by atoms with Gasteiger partial charge in [0.05, 0.1) is 4.92 Å². The van der Waals surface area contributed by atoms with Gasteiger partial charge in [-0.2, -0.15) is 0 Å². The van der Waals surface area contributed by atoms with Gasteiger partial charge in [-0.15, -0.1) is 0 Å². The molecule has 0 saturated carbocycles. The molecule has 0 unspecified atom stereocenters.